The first kappa shape index (κ1) is 5.88. The summed E-state index contributed by atoms with van der Waals surface area (Å²) in [5.41, 5.74) is 4.87. The molecule has 37 valence electrons. The van der Waals surface area contributed by atoms with Gasteiger partial charge in [0.2, 0.25) is 6.29 Å². The Hall–Kier alpha value is -0.120. The van der Waals surface area contributed by atoms with Gasteiger partial charge in [-0.1, -0.05) is 0 Å². The summed E-state index contributed by atoms with van der Waals surface area (Å²) in [5.74, 6) is 0. The molecule has 3 nitrogen and oxygen atoms in total. The van der Waals surface area contributed by atoms with Crippen LogP contribution in [0.2, 0.25) is 0 Å². The number of aliphatic hydroxyl groups excluding tert-OH is 1. The number of hydrogen-bond acceptors (Lipinski definition) is 3. The van der Waals surface area contributed by atoms with E-state index in [0.717, 1.165) is 0 Å². The van der Waals surface area contributed by atoms with E-state index in [1.54, 1.807) is 0 Å². The summed E-state index contributed by atoms with van der Waals surface area (Å²) in [6.45, 7) is 0.0799. The number of methoxy groups -OCH3 is 1. The molecule has 0 aromatic rings. The van der Waals surface area contributed by atoms with Gasteiger partial charge in [0, 0.05) is 7.11 Å². The molecule has 0 fully saturated rings. The van der Waals surface area contributed by atoms with Gasteiger partial charge in [-0.3, -0.25) is 0 Å². The molecular formula is C3H8NO2. The van der Waals surface area contributed by atoms with Crippen molar-refractivity contribution in [3.8, 4) is 0 Å². The van der Waals surface area contributed by atoms with Crippen LogP contribution in [0.4, 0.5) is 0 Å². The van der Waals surface area contributed by atoms with E-state index >= 15 is 0 Å². The van der Waals surface area contributed by atoms with Gasteiger partial charge in [-0.15, -0.1) is 0 Å². The smallest absolute Gasteiger partial charge is 0.234 e. The second-order valence-corrected chi connectivity index (χ2v) is 0.802. The molecule has 0 unspecified atom stereocenters. The maximum atomic E-state index is 8.24. The van der Waals surface area contributed by atoms with Crippen molar-refractivity contribution in [2.24, 2.45) is 5.73 Å². The van der Waals surface area contributed by atoms with E-state index in [9.17, 15) is 0 Å². The monoisotopic (exact) mass is 90.1 g/mol. The van der Waals surface area contributed by atoms with Crippen LogP contribution in [0.3, 0.4) is 0 Å². The summed E-state index contributed by atoms with van der Waals surface area (Å²) >= 11 is 0. The normalized spacial score (nSPS) is 10.0. The van der Waals surface area contributed by atoms with Crippen LogP contribution >= 0.6 is 0 Å². The van der Waals surface area contributed by atoms with Gasteiger partial charge in [0.1, 0.15) is 0 Å². The van der Waals surface area contributed by atoms with Gasteiger partial charge in [-0.05, 0) is 0 Å². The molecule has 0 heterocycles. The molecule has 0 atom stereocenters. The lowest BCUT2D eigenvalue weighted by molar-refractivity contribution is 0.0422. The van der Waals surface area contributed by atoms with E-state index in [1.165, 1.54) is 7.11 Å². The quantitative estimate of drug-likeness (QED) is 0.478. The van der Waals surface area contributed by atoms with Gasteiger partial charge in [0.25, 0.3) is 0 Å². The minimum atomic E-state index is -0.130. The summed E-state index contributed by atoms with van der Waals surface area (Å²) < 4.78 is 4.25. The second kappa shape index (κ2) is 3.08. The van der Waals surface area contributed by atoms with Crippen LogP contribution in [0.5, 0.6) is 0 Å². The summed E-state index contributed by atoms with van der Waals surface area (Å²) in [5, 5.41) is 8.24. The van der Waals surface area contributed by atoms with Crippen molar-refractivity contribution >= 4 is 0 Å². The highest BCUT2D eigenvalue weighted by Crippen LogP contribution is 1.84. The second-order valence-electron chi connectivity index (χ2n) is 0.802. The van der Waals surface area contributed by atoms with Gasteiger partial charge in [-0.25, -0.2) is 0 Å². The maximum absolute atomic E-state index is 8.24. The van der Waals surface area contributed by atoms with Crippen LogP contribution in [-0.4, -0.2) is 18.8 Å². The Kier molecular flexibility index (Phi) is 3.02. The van der Waals surface area contributed by atoms with Crippen molar-refractivity contribution in [2.75, 3.05) is 13.7 Å². The fourth-order valence-electron chi connectivity index (χ4n) is 0.0833. The Morgan fingerprint density at radius 2 is 2.50 bits per heavy atom. The van der Waals surface area contributed by atoms with Gasteiger partial charge in [0.15, 0.2) is 0 Å². The van der Waals surface area contributed by atoms with Crippen LogP contribution in [0, 0.1) is 6.29 Å². The van der Waals surface area contributed by atoms with Crippen LogP contribution in [0.15, 0.2) is 0 Å². The molecule has 0 bridgehead atoms. The maximum Gasteiger partial charge on any atom is 0.234 e. The zero-order valence-electron chi connectivity index (χ0n) is 3.64. The largest absolute Gasteiger partial charge is 0.360 e. The molecule has 0 aromatic heterocycles. The molecule has 0 spiro atoms. The van der Waals surface area contributed by atoms with E-state index in [0.29, 0.717) is 0 Å². The van der Waals surface area contributed by atoms with Crippen LogP contribution in [0.25, 0.3) is 0 Å². The highest BCUT2D eigenvalue weighted by atomic mass is 16.6. The number of aliphatic hydroxyl groups is 1. The molecule has 0 aromatic carbocycles. The Labute approximate surface area is 36.7 Å². The van der Waals surface area contributed by atoms with Crippen molar-refractivity contribution < 1.29 is 9.84 Å². The molecular weight excluding hydrogens is 82.0 g/mol. The number of ether oxygens (including phenoxy) is 1. The average molecular weight is 90.1 g/mol. The minimum Gasteiger partial charge on any atom is -0.360 e. The van der Waals surface area contributed by atoms with Crippen LogP contribution in [0.1, 0.15) is 0 Å². The third-order valence-corrected chi connectivity index (χ3v) is 0.410. The molecule has 0 amide bonds. The molecule has 0 aliphatic heterocycles. The summed E-state index contributed by atoms with van der Waals surface area (Å²) in [4.78, 5) is 0. The molecule has 0 rings (SSSR count). The van der Waals surface area contributed by atoms with E-state index < -0.39 is 0 Å². The first-order chi connectivity index (χ1) is 2.81. The first-order valence-corrected chi connectivity index (χ1v) is 1.60. The molecule has 3 N–H and O–H groups in total. The molecule has 3 heteroatoms. The van der Waals surface area contributed by atoms with E-state index in [4.69, 9.17) is 10.8 Å². The lowest BCUT2D eigenvalue weighted by atomic mass is 10.7. The van der Waals surface area contributed by atoms with E-state index in [2.05, 4.69) is 4.74 Å². The van der Waals surface area contributed by atoms with Crippen LogP contribution < -0.4 is 5.73 Å². The molecule has 0 saturated heterocycles. The van der Waals surface area contributed by atoms with E-state index in [1.807, 2.05) is 0 Å². The third-order valence-electron chi connectivity index (χ3n) is 0.410. The fraction of sp³-hybridized carbons (Fsp3) is 0.667. The highest BCUT2D eigenvalue weighted by molar-refractivity contribution is 4.57. The number of nitrogens with two attached hydrogens (primary N) is 1. The topological polar surface area (TPSA) is 55.5 Å². The predicted molar refractivity (Wildman–Crippen MR) is 21.2 cm³/mol. The summed E-state index contributed by atoms with van der Waals surface area (Å²) in [6.07, 6.45) is -0.130. The molecule has 0 aliphatic rings. The fourth-order valence-corrected chi connectivity index (χ4v) is 0.0833. The Bertz CT molecular complexity index is 28.0. The van der Waals surface area contributed by atoms with Crippen molar-refractivity contribution in [3.05, 3.63) is 6.29 Å². The lowest BCUT2D eigenvalue weighted by Crippen LogP contribution is -2.12. The molecule has 0 saturated carbocycles. The highest BCUT2D eigenvalue weighted by Gasteiger charge is 1.94. The van der Waals surface area contributed by atoms with Gasteiger partial charge >= 0.3 is 0 Å². The van der Waals surface area contributed by atoms with Crippen molar-refractivity contribution in [3.63, 3.8) is 0 Å². The Morgan fingerprint density at radius 1 is 2.00 bits per heavy atom. The predicted octanol–water partition coefficient (Wildman–Crippen LogP) is -0.547. The third kappa shape index (κ3) is 2.14. The van der Waals surface area contributed by atoms with Gasteiger partial charge < -0.3 is 15.6 Å². The van der Waals surface area contributed by atoms with Gasteiger partial charge in [-0.2, -0.15) is 0 Å². The van der Waals surface area contributed by atoms with Gasteiger partial charge in [0.05, 0.1) is 6.54 Å². The summed E-state index contributed by atoms with van der Waals surface area (Å²) in [6, 6.07) is 0. The Morgan fingerprint density at radius 3 is 2.50 bits per heavy atom. The number of hydrogen-bond donors (Lipinski definition) is 2. The first-order valence-electron chi connectivity index (χ1n) is 1.60. The minimum absolute atomic E-state index is 0.0799. The standard InChI is InChI=1S/C3H8NO2/c1-6-3(5)2-4/h5H,2,4H2,1H3. The Balaban J connectivity index is 2.75. The van der Waals surface area contributed by atoms with Crippen molar-refractivity contribution in [1.82, 2.24) is 0 Å². The SMILES string of the molecule is CO[C](O)CN. The van der Waals surface area contributed by atoms with Crippen LogP contribution in [-0.2, 0) is 4.74 Å². The van der Waals surface area contributed by atoms with E-state index in [-0.39, 0.29) is 12.8 Å². The molecule has 0 aliphatic carbocycles. The zero-order chi connectivity index (χ0) is 4.99. The van der Waals surface area contributed by atoms with Crippen molar-refractivity contribution in [1.29, 1.82) is 0 Å². The number of rotatable bonds is 2. The molecule has 1 radical (unpaired) electrons. The summed E-state index contributed by atoms with van der Waals surface area (Å²) in [7, 11) is 1.36. The van der Waals surface area contributed by atoms with Crippen molar-refractivity contribution in [2.45, 2.75) is 0 Å². The lowest BCUT2D eigenvalue weighted by Gasteiger charge is -1.97. The average Bonchev–Trinajstić information content (AvgIpc) is 1.65. The zero-order valence-corrected chi connectivity index (χ0v) is 3.64. The molecule has 6 heavy (non-hydrogen) atoms.